The maximum Gasteiger partial charge on any atom is 0.313 e. The number of carbonyl (C=O) groups excluding carboxylic acids is 2. The van der Waals surface area contributed by atoms with Gasteiger partial charge in [-0.15, -0.1) is 0 Å². The van der Waals surface area contributed by atoms with Gasteiger partial charge in [-0.1, -0.05) is 6.07 Å². The van der Waals surface area contributed by atoms with Crippen molar-refractivity contribution in [2.24, 2.45) is 0 Å². The second kappa shape index (κ2) is 9.17. The molecule has 6 heteroatoms. The molecule has 0 saturated carbocycles. The van der Waals surface area contributed by atoms with Crippen molar-refractivity contribution in [2.45, 2.75) is 34.0 Å². The van der Waals surface area contributed by atoms with Crippen LogP contribution in [0.15, 0.2) is 18.2 Å². The topological polar surface area (TPSA) is 76.7 Å². The van der Waals surface area contributed by atoms with Gasteiger partial charge < -0.3 is 20.1 Å². The van der Waals surface area contributed by atoms with E-state index in [1.54, 1.807) is 12.1 Å². The van der Waals surface area contributed by atoms with Gasteiger partial charge in [-0.25, -0.2) is 0 Å². The minimum absolute atomic E-state index is 0.126. The third-order valence-corrected chi connectivity index (χ3v) is 2.82. The van der Waals surface area contributed by atoms with Crippen LogP contribution in [-0.2, 0) is 19.1 Å². The van der Waals surface area contributed by atoms with Crippen molar-refractivity contribution in [1.82, 2.24) is 5.32 Å². The lowest BCUT2D eigenvalue weighted by Crippen LogP contribution is -2.41. The van der Waals surface area contributed by atoms with Gasteiger partial charge in [0.15, 0.2) is 6.29 Å². The molecule has 0 aliphatic carbocycles. The van der Waals surface area contributed by atoms with Crippen molar-refractivity contribution >= 4 is 17.5 Å². The first-order chi connectivity index (χ1) is 10.5. The Kier molecular flexibility index (Phi) is 7.56. The Bertz CT molecular complexity index is 491. The second-order valence-electron chi connectivity index (χ2n) is 4.88. The van der Waals surface area contributed by atoms with E-state index in [2.05, 4.69) is 10.6 Å². The summed E-state index contributed by atoms with van der Waals surface area (Å²) < 4.78 is 10.6. The molecule has 0 heterocycles. The maximum atomic E-state index is 11.9. The van der Waals surface area contributed by atoms with Gasteiger partial charge in [-0.3, -0.25) is 9.59 Å². The van der Waals surface area contributed by atoms with E-state index in [9.17, 15) is 9.59 Å². The lowest BCUT2D eigenvalue weighted by Gasteiger charge is -2.17. The summed E-state index contributed by atoms with van der Waals surface area (Å²) in [6.07, 6.45) is -0.548. The van der Waals surface area contributed by atoms with Crippen LogP contribution in [0.5, 0.6) is 0 Å². The number of hydrogen-bond donors (Lipinski definition) is 2. The van der Waals surface area contributed by atoms with Gasteiger partial charge in [0.05, 0.1) is 6.54 Å². The molecule has 1 aromatic rings. The number of carbonyl (C=O) groups is 2. The van der Waals surface area contributed by atoms with Crippen molar-refractivity contribution < 1.29 is 19.1 Å². The molecule has 1 aromatic carbocycles. The summed E-state index contributed by atoms with van der Waals surface area (Å²) in [6, 6.07) is 5.60. The van der Waals surface area contributed by atoms with E-state index < -0.39 is 18.1 Å². The van der Waals surface area contributed by atoms with Crippen LogP contribution in [0.1, 0.15) is 25.0 Å². The number of ether oxygens (including phenoxy) is 2. The highest BCUT2D eigenvalue weighted by molar-refractivity contribution is 6.39. The highest BCUT2D eigenvalue weighted by atomic mass is 16.7. The first-order valence-corrected chi connectivity index (χ1v) is 7.37. The third kappa shape index (κ3) is 6.24. The Morgan fingerprint density at radius 2 is 1.55 bits per heavy atom. The quantitative estimate of drug-likeness (QED) is 0.594. The smallest absolute Gasteiger partial charge is 0.313 e. The lowest BCUT2D eigenvalue weighted by atomic mass is 10.1. The van der Waals surface area contributed by atoms with Crippen LogP contribution < -0.4 is 10.6 Å². The molecule has 0 saturated heterocycles. The van der Waals surface area contributed by atoms with Crippen LogP contribution in [-0.4, -0.2) is 37.9 Å². The van der Waals surface area contributed by atoms with Crippen LogP contribution in [0.25, 0.3) is 0 Å². The highest BCUT2D eigenvalue weighted by Crippen LogP contribution is 2.13. The van der Waals surface area contributed by atoms with Gasteiger partial charge in [0, 0.05) is 18.9 Å². The molecule has 2 N–H and O–H groups in total. The Labute approximate surface area is 131 Å². The predicted molar refractivity (Wildman–Crippen MR) is 84.6 cm³/mol. The zero-order valence-electron chi connectivity index (χ0n) is 13.6. The second-order valence-corrected chi connectivity index (χ2v) is 4.88. The molecule has 0 spiro atoms. The van der Waals surface area contributed by atoms with Crippen LogP contribution in [0, 0.1) is 13.8 Å². The molecule has 0 aliphatic rings. The van der Waals surface area contributed by atoms with E-state index in [1.165, 1.54) is 0 Å². The van der Waals surface area contributed by atoms with Crippen LogP contribution >= 0.6 is 0 Å². The molecule has 122 valence electrons. The molecule has 1 rings (SSSR count). The van der Waals surface area contributed by atoms with Crippen molar-refractivity contribution in [2.75, 3.05) is 25.1 Å². The molecular weight excluding hydrogens is 284 g/mol. The van der Waals surface area contributed by atoms with Gasteiger partial charge in [0.2, 0.25) is 0 Å². The Balaban J connectivity index is 2.52. The zero-order valence-corrected chi connectivity index (χ0v) is 13.6. The van der Waals surface area contributed by atoms with Crippen LogP contribution in [0.4, 0.5) is 5.69 Å². The molecule has 22 heavy (non-hydrogen) atoms. The minimum atomic E-state index is -0.719. The van der Waals surface area contributed by atoms with E-state index in [0.717, 1.165) is 11.1 Å². The Morgan fingerprint density at radius 3 is 2.05 bits per heavy atom. The van der Waals surface area contributed by atoms with Gasteiger partial charge in [-0.05, 0) is 51.0 Å². The summed E-state index contributed by atoms with van der Waals surface area (Å²) in [7, 11) is 0. The summed E-state index contributed by atoms with van der Waals surface area (Å²) in [5.74, 6) is -1.43. The molecule has 2 amide bonds. The summed E-state index contributed by atoms with van der Waals surface area (Å²) in [6.45, 7) is 8.58. The summed E-state index contributed by atoms with van der Waals surface area (Å²) >= 11 is 0. The van der Waals surface area contributed by atoms with Gasteiger partial charge >= 0.3 is 11.8 Å². The number of rotatable bonds is 7. The van der Waals surface area contributed by atoms with Crippen molar-refractivity contribution in [1.29, 1.82) is 0 Å². The number of hydrogen-bond acceptors (Lipinski definition) is 4. The van der Waals surface area contributed by atoms with E-state index in [0.29, 0.717) is 18.9 Å². The Hall–Kier alpha value is -1.92. The monoisotopic (exact) mass is 308 g/mol. The van der Waals surface area contributed by atoms with Gasteiger partial charge in [0.1, 0.15) is 0 Å². The summed E-state index contributed by atoms with van der Waals surface area (Å²) in [5, 5.41) is 5.08. The normalized spacial score (nSPS) is 10.6. The molecule has 0 bridgehead atoms. The zero-order chi connectivity index (χ0) is 16.5. The van der Waals surface area contributed by atoms with Crippen LogP contribution in [0.2, 0.25) is 0 Å². The molecular formula is C16H24N2O4. The minimum Gasteiger partial charge on any atom is -0.351 e. The van der Waals surface area contributed by atoms with Crippen molar-refractivity contribution in [3.05, 3.63) is 29.3 Å². The van der Waals surface area contributed by atoms with E-state index >= 15 is 0 Å². The molecule has 6 nitrogen and oxygen atoms in total. The standard InChI is InChI=1S/C16H24N2O4/c1-5-21-14(22-6-2)10-17-15(19)16(20)18-13-8-11(3)7-12(4)9-13/h7-9,14H,5-6,10H2,1-4H3,(H,17,19)(H,18,20). The fraction of sp³-hybridized carbons (Fsp3) is 0.500. The molecule has 0 fully saturated rings. The average Bonchev–Trinajstić information content (AvgIpc) is 2.43. The highest BCUT2D eigenvalue weighted by Gasteiger charge is 2.16. The number of amides is 2. The van der Waals surface area contributed by atoms with Gasteiger partial charge in [0.25, 0.3) is 0 Å². The fourth-order valence-corrected chi connectivity index (χ4v) is 2.03. The molecule has 0 radical (unpaired) electrons. The fourth-order valence-electron chi connectivity index (χ4n) is 2.03. The van der Waals surface area contributed by atoms with Crippen molar-refractivity contribution in [3.8, 4) is 0 Å². The molecule has 0 aromatic heterocycles. The largest absolute Gasteiger partial charge is 0.351 e. The van der Waals surface area contributed by atoms with Crippen LogP contribution in [0.3, 0.4) is 0 Å². The molecule has 0 aliphatic heterocycles. The number of nitrogens with one attached hydrogen (secondary N) is 2. The predicted octanol–water partition coefficient (Wildman–Crippen LogP) is 1.76. The number of anilines is 1. The number of benzene rings is 1. The molecule has 0 unspecified atom stereocenters. The first-order valence-electron chi connectivity index (χ1n) is 7.37. The average molecular weight is 308 g/mol. The maximum absolute atomic E-state index is 11.9. The van der Waals surface area contributed by atoms with E-state index in [4.69, 9.17) is 9.47 Å². The van der Waals surface area contributed by atoms with E-state index in [1.807, 2.05) is 33.8 Å². The van der Waals surface area contributed by atoms with Crippen molar-refractivity contribution in [3.63, 3.8) is 0 Å². The SMILES string of the molecule is CCOC(CNC(=O)C(=O)Nc1cc(C)cc(C)c1)OCC. The number of aryl methyl sites for hydroxylation is 2. The first kappa shape index (κ1) is 18.1. The third-order valence-electron chi connectivity index (χ3n) is 2.82. The lowest BCUT2D eigenvalue weighted by molar-refractivity contribution is -0.145. The Morgan fingerprint density at radius 1 is 1.00 bits per heavy atom. The summed E-state index contributed by atoms with van der Waals surface area (Å²) in [4.78, 5) is 23.7. The summed E-state index contributed by atoms with van der Waals surface area (Å²) in [5.41, 5.74) is 2.63. The van der Waals surface area contributed by atoms with Gasteiger partial charge in [-0.2, -0.15) is 0 Å². The van der Waals surface area contributed by atoms with E-state index in [-0.39, 0.29) is 6.54 Å². The molecule has 0 atom stereocenters.